The minimum absolute atomic E-state index is 0.0129. The summed E-state index contributed by atoms with van der Waals surface area (Å²) in [4.78, 5) is 14.6. The van der Waals surface area contributed by atoms with Gasteiger partial charge in [0.15, 0.2) is 0 Å². The molecule has 2 aliphatic heterocycles. The Balaban J connectivity index is 1.39. The van der Waals surface area contributed by atoms with Gasteiger partial charge in [0, 0.05) is 44.3 Å². The lowest BCUT2D eigenvalue weighted by Crippen LogP contribution is -2.42. The molecule has 3 aliphatic rings. The Hall–Kier alpha value is -1.60. The van der Waals surface area contributed by atoms with Crippen LogP contribution in [0.2, 0.25) is 0 Å². The topological polar surface area (TPSA) is 41.6 Å². The fourth-order valence-electron chi connectivity index (χ4n) is 4.85. The van der Waals surface area contributed by atoms with E-state index in [9.17, 15) is 18.0 Å². The zero-order valence-corrected chi connectivity index (χ0v) is 15.9. The quantitative estimate of drug-likeness (QED) is 0.850. The summed E-state index contributed by atoms with van der Waals surface area (Å²) < 4.78 is 45.5. The standard InChI is InChI=1S/C21H27F3N2O2/c22-21(23,24)19-3-1-2-14-6-9-26(13-18(14)19)20(27)15-4-5-17(12-15)25-16-7-10-28-11-8-16/h1-3,15-17,25H,4-13H2/t15?,17-/m1/s1. The lowest BCUT2D eigenvalue weighted by Gasteiger charge is -2.32. The Bertz CT molecular complexity index is 716. The molecule has 0 spiro atoms. The molecular weight excluding hydrogens is 369 g/mol. The minimum Gasteiger partial charge on any atom is -0.381 e. The van der Waals surface area contributed by atoms with Crippen molar-refractivity contribution in [3.05, 3.63) is 34.9 Å². The van der Waals surface area contributed by atoms with Crippen LogP contribution in [0.25, 0.3) is 0 Å². The Labute approximate surface area is 163 Å². The van der Waals surface area contributed by atoms with Crippen LogP contribution < -0.4 is 5.32 Å². The molecule has 1 aromatic carbocycles. The van der Waals surface area contributed by atoms with Crippen LogP contribution in [-0.4, -0.2) is 42.6 Å². The molecule has 4 rings (SSSR count). The predicted octanol–water partition coefficient (Wildman–Crippen LogP) is 3.53. The maximum atomic E-state index is 13.4. The van der Waals surface area contributed by atoms with Crippen molar-refractivity contribution in [1.29, 1.82) is 0 Å². The van der Waals surface area contributed by atoms with Gasteiger partial charge in [-0.3, -0.25) is 4.79 Å². The SMILES string of the molecule is O=C(C1CC[C@@H](NC2CCOCC2)C1)N1CCc2cccc(C(F)(F)F)c2C1. The van der Waals surface area contributed by atoms with Crippen molar-refractivity contribution >= 4 is 5.91 Å². The molecule has 1 aromatic rings. The van der Waals surface area contributed by atoms with Gasteiger partial charge in [0.2, 0.25) is 5.91 Å². The molecule has 0 radical (unpaired) electrons. The number of halogens is 3. The van der Waals surface area contributed by atoms with Gasteiger partial charge >= 0.3 is 6.18 Å². The van der Waals surface area contributed by atoms with E-state index in [0.29, 0.717) is 30.6 Å². The molecule has 1 unspecified atom stereocenters. The molecule has 1 saturated heterocycles. The molecular formula is C21H27F3N2O2. The lowest BCUT2D eigenvalue weighted by atomic mass is 9.93. The van der Waals surface area contributed by atoms with E-state index in [4.69, 9.17) is 4.74 Å². The van der Waals surface area contributed by atoms with Crippen molar-refractivity contribution < 1.29 is 22.7 Å². The van der Waals surface area contributed by atoms with E-state index in [1.54, 1.807) is 11.0 Å². The molecule has 7 heteroatoms. The highest BCUT2D eigenvalue weighted by atomic mass is 19.4. The Morgan fingerprint density at radius 2 is 1.89 bits per heavy atom. The fraction of sp³-hybridized carbons (Fsp3) is 0.667. The summed E-state index contributed by atoms with van der Waals surface area (Å²) >= 11 is 0. The van der Waals surface area contributed by atoms with Gasteiger partial charge in [-0.05, 0) is 55.7 Å². The smallest absolute Gasteiger partial charge is 0.381 e. The van der Waals surface area contributed by atoms with E-state index in [0.717, 1.165) is 51.4 Å². The van der Waals surface area contributed by atoms with Gasteiger partial charge in [-0.1, -0.05) is 12.1 Å². The zero-order valence-electron chi connectivity index (χ0n) is 15.9. The predicted molar refractivity (Wildman–Crippen MR) is 98.7 cm³/mol. The Kier molecular flexibility index (Phi) is 5.65. The summed E-state index contributed by atoms with van der Waals surface area (Å²) in [5.74, 6) is -0.0733. The highest BCUT2D eigenvalue weighted by Crippen LogP contribution is 2.37. The first-order valence-corrected chi connectivity index (χ1v) is 10.2. The molecule has 1 amide bonds. The summed E-state index contributed by atoms with van der Waals surface area (Å²) in [6.07, 6.45) is 0.637. The zero-order chi connectivity index (χ0) is 19.7. The maximum Gasteiger partial charge on any atom is 0.416 e. The number of amides is 1. The summed E-state index contributed by atoms with van der Waals surface area (Å²) in [5.41, 5.74) is 0.377. The van der Waals surface area contributed by atoms with Crippen LogP contribution in [0.1, 0.15) is 48.8 Å². The fourth-order valence-corrected chi connectivity index (χ4v) is 4.85. The van der Waals surface area contributed by atoms with Crippen LogP contribution in [0.4, 0.5) is 13.2 Å². The van der Waals surface area contributed by atoms with Crippen molar-refractivity contribution in [1.82, 2.24) is 10.2 Å². The number of fused-ring (bicyclic) bond motifs is 1. The number of hydrogen-bond acceptors (Lipinski definition) is 3. The van der Waals surface area contributed by atoms with Gasteiger partial charge in [-0.25, -0.2) is 0 Å². The lowest BCUT2D eigenvalue weighted by molar-refractivity contribution is -0.141. The van der Waals surface area contributed by atoms with Crippen molar-refractivity contribution in [3.63, 3.8) is 0 Å². The molecule has 1 aliphatic carbocycles. The first-order valence-electron chi connectivity index (χ1n) is 10.2. The number of hydrogen-bond donors (Lipinski definition) is 1. The molecule has 0 aromatic heterocycles. The first kappa shape index (κ1) is 19.7. The Morgan fingerprint density at radius 3 is 2.64 bits per heavy atom. The van der Waals surface area contributed by atoms with Crippen LogP contribution >= 0.6 is 0 Å². The number of rotatable bonds is 3. The van der Waals surface area contributed by atoms with E-state index < -0.39 is 11.7 Å². The highest BCUT2D eigenvalue weighted by molar-refractivity contribution is 5.79. The van der Waals surface area contributed by atoms with Gasteiger partial charge in [-0.15, -0.1) is 0 Å². The maximum absolute atomic E-state index is 13.4. The summed E-state index contributed by atoms with van der Waals surface area (Å²) in [5, 5.41) is 3.65. The Morgan fingerprint density at radius 1 is 1.11 bits per heavy atom. The molecule has 2 heterocycles. The first-order chi connectivity index (χ1) is 13.4. The van der Waals surface area contributed by atoms with Gasteiger partial charge in [0.1, 0.15) is 0 Å². The van der Waals surface area contributed by atoms with Crippen molar-refractivity contribution in [3.8, 4) is 0 Å². The largest absolute Gasteiger partial charge is 0.416 e. The third-order valence-corrected chi connectivity index (χ3v) is 6.36. The minimum atomic E-state index is -4.39. The van der Waals surface area contributed by atoms with E-state index in [1.165, 1.54) is 6.07 Å². The van der Waals surface area contributed by atoms with Gasteiger partial charge in [-0.2, -0.15) is 13.2 Å². The van der Waals surface area contributed by atoms with Gasteiger partial charge in [0.25, 0.3) is 0 Å². The number of carbonyl (C=O) groups excluding carboxylic acids is 1. The number of nitrogens with one attached hydrogen (secondary N) is 1. The number of ether oxygens (including phenoxy) is 1. The van der Waals surface area contributed by atoms with Crippen molar-refractivity contribution in [2.75, 3.05) is 19.8 Å². The van der Waals surface area contributed by atoms with Crippen LogP contribution in [0.15, 0.2) is 18.2 Å². The second kappa shape index (κ2) is 8.03. The monoisotopic (exact) mass is 396 g/mol. The third kappa shape index (κ3) is 4.20. The van der Waals surface area contributed by atoms with Crippen molar-refractivity contribution in [2.45, 2.75) is 63.3 Å². The number of alkyl halides is 3. The third-order valence-electron chi connectivity index (χ3n) is 6.36. The van der Waals surface area contributed by atoms with Crippen LogP contribution in [0.3, 0.4) is 0 Å². The second-order valence-electron chi connectivity index (χ2n) is 8.21. The van der Waals surface area contributed by atoms with E-state index in [2.05, 4.69) is 5.32 Å². The molecule has 28 heavy (non-hydrogen) atoms. The second-order valence-corrected chi connectivity index (χ2v) is 8.21. The molecule has 2 atom stereocenters. The van der Waals surface area contributed by atoms with Crippen LogP contribution in [0, 0.1) is 5.92 Å². The van der Waals surface area contributed by atoms with Gasteiger partial charge in [0.05, 0.1) is 5.56 Å². The molecule has 0 bridgehead atoms. The molecule has 4 nitrogen and oxygen atoms in total. The molecule has 1 N–H and O–H groups in total. The van der Waals surface area contributed by atoms with Gasteiger partial charge < -0.3 is 15.0 Å². The molecule has 2 fully saturated rings. The van der Waals surface area contributed by atoms with E-state index in [-0.39, 0.29) is 23.9 Å². The average molecular weight is 396 g/mol. The number of benzene rings is 1. The summed E-state index contributed by atoms with van der Waals surface area (Å²) in [7, 11) is 0. The van der Waals surface area contributed by atoms with Crippen LogP contribution in [0.5, 0.6) is 0 Å². The number of carbonyl (C=O) groups is 1. The molecule has 154 valence electrons. The number of nitrogens with zero attached hydrogens (tertiary/aromatic N) is 1. The van der Waals surface area contributed by atoms with E-state index in [1.807, 2.05) is 0 Å². The summed E-state index contributed by atoms with van der Waals surface area (Å²) in [6.45, 7) is 2.13. The highest BCUT2D eigenvalue weighted by Gasteiger charge is 2.38. The van der Waals surface area contributed by atoms with Crippen LogP contribution in [-0.2, 0) is 28.7 Å². The molecule has 1 saturated carbocycles. The normalized spacial score (nSPS) is 26.3. The average Bonchev–Trinajstić information content (AvgIpc) is 3.15. The summed E-state index contributed by atoms with van der Waals surface area (Å²) in [6, 6.07) is 5.10. The van der Waals surface area contributed by atoms with E-state index >= 15 is 0 Å². The van der Waals surface area contributed by atoms with Crippen molar-refractivity contribution in [2.24, 2.45) is 5.92 Å².